The molecule has 0 aliphatic rings. The molecular weight excluding hydrogens is 580 g/mol. The molecule has 0 unspecified atom stereocenters. The van der Waals surface area contributed by atoms with Crippen molar-refractivity contribution < 1.29 is 39.6 Å². The van der Waals surface area contributed by atoms with E-state index < -0.39 is 29.3 Å². The first-order chi connectivity index (χ1) is 18.1. The monoisotopic (exact) mass is 606 g/mol. The van der Waals surface area contributed by atoms with Crippen LogP contribution in [0.5, 0.6) is 0 Å². The van der Waals surface area contributed by atoms with Crippen LogP contribution < -0.4 is 0 Å². The number of carboxylic acids is 4. The molecule has 0 fully saturated rings. The van der Waals surface area contributed by atoms with Gasteiger partial charge in [0.15, 0.2) is 0 Å². The predicted molar refractivity (Wildman–Crippen MR) is 166 cm³/mol. The molecule has 0 aliphatic carbocycles. The van der Waals surface area contributed by atoms with Crippen molar-refractivity contribution in [3.05, 3.63) is 142 Å². The summed E-state index contributed by atoms with van der Waals surface area (Å²) >= 11 is 0. The van der Waals surface area contributed by atoms with Gasteiger partial charge >= 0.3 is 142 Å². The summed E-state index contributed by atoms with van der Waals surface area (Å²) in [5, 5.41) is 38.7. The van der Waals surface area contributed by atoms with Crippen molar-refractivity contribution in [3.63, 3.8) is 0 Å². The molecule has 0 saturated heterocycles. The third kappa shape index (κ3) is 9.14. The van der Waals surface area contributed by atoms with Gasteiger partial charge in [0.25, 0.3) is 0 Å². The molecule has 4 aromatic rings. The minimum absolute atomic E-state index is 0. The van der Waals surface area contributed by atoms with Crippen LogP contribution in [0.15, 0.2) is 97.1 Å². The quantitative estimate of drug-likeness (QED) is 0.168. The van der Waals surface area contributed by atoms with Crippen LogP contribution >= 0.6 is 0 Å². The van der Waals surface area contributed by atoms with Crippen molar-refractivity contribution in [1.82, 2.24) is 0 Å². The number of aromatic carboxylic acids is 4. The first-order valence-corrected chi connectivity index (χ1v) is 11.5. The molecule has 0 aliphatic heterocycles. The van der Waals surface area contributed by atoms with Gasteiger partial charge in [0, 0.05) is 5.41 Å². The van der Waals surface area contributed by atoms with E-state index in [1.165, 1.54) is 48.5 Å². The Morgan fingerprint density at radius 1 is 0.452 bits per heavy atom. The first kappa shape index (κ1) is 40.8. The third-order valence-electron chi connectivity index (χ3n) is 6.45. The standard InChI is InChI=1S/C30H22O8.4Na.4H/c31-26(32)19-6-1-5-18(13-19)17-30(23-10-2-7-20(14-23)27(33)34,24-11-3-8-21(15-24)28(35)36)25-12-4-9-22(16-25)29(37)38;;;;;;;;/h1-16H,17H2,(H,31,32)(H,33,34)(H,35,36)(H,37,38);;;;;;;;. The summed E-state index contributed by atoms with van der Waals surface area (Å²) in [6.07, 6.45) is 0.0728. The van der Waals surface area contributed by atoms with Gasteiger partial charge in [0.1, 0.15) is 0 Å². The van der Waals surface area contributed by atoms with Crippen LogP contribution in [0.2, 0.25) is 0 Å². The van der Waals surface area contributed by atoms with Crippen LogP contribution in [0.25, 0.3) is 0 Å². The number of carboxylic acid groups (broad SMARTS) is 4. The number of rotatable bonds is 9. The van der Waals surface area contributed by atoms with Gasteiger partial charge < -0.3 is 20.4 Å². The maximum absolute atomic E-state index is 11.9. The van der Waals surface area contributed by atoms with Crippen molar-refractivity contribution >= 4 is 142 Å². The maximum atomic E-state index is 11.9. The van der Waals surface area contributed by atoms with E-state index in [1.54, 1.807) is 48.5 Å². The second-order valence-electron chi connectivity index (χ2n) is 8.75. The summed E-state index contributed by atoms with van der Waals surface area (Å²) < 4.78 is 0. The molecule has 0 atom stereocenters. The van der Waals surface area contributed by atoms with Crippen LogP contribution in [-0.2, 0) is 11.8 Å². The molecule has 0 amide bonds. The van der Waals surface area contributed by atoms with E-state index in [0.717, 1.165) is 0 Å². The topological polar surface area (TPSA) is 149 Å². The van der Waals surface area contributed by atoms with Crippen molar-refractivity contribution in [2.24, 2.45) is 0 Å². The van der Waals surface area contributed by atoms with Crippen LogP contribution in [0.3, 0.4) is 0 Å². The fraction of sp³-hybridized carbons (Fsp3) is 0.0667. The van der Waals surface area contributed by atoms with Gasteiger partial charge in [-0.1, -0.05) is 48.5 Å². The van der Waals surface area contributed by atoms with Gasteiger partial charge in [0.05, 0.1) is 22.3 Å². The van der Waals surface area contributed by atoms with Gasteiger partial charge in [-0.15, -0.1) is 0 Å². The zero-order valence-electron chi connectivity index (χ0n) is 19.9. The average Bonchev–Trinajstić information content (AvgIpc) is 2.92. The molecule has 4 rings (SSSR count). The molecule has 0 spiro atoms. The molecule has 42 heavy (non-hydrogen) atoms. The predicted octanol–water partition coefficient (Wildman–Crippen LogP) is 2.46. The number of benzene rings is 4. The van der Waals surface area contributed by atoms with Gasteiger partial charge in [-0.3, -0.25) is 0 Å². The minimum atomic E-state index is -1.29. The normalized spacial score (nSPS) is 10.0. The number of hydrogen-bond donors (Lipinski definition) is 4. The van der Waals surface area contributed by atoms with E-state index in [-0.39, 0.29) is 147 Å². The Morgan fingerprint density at radius 3 is 1.05 bits per heavy atom. The van der Waals surface area contributed by atoms with Crippen LogP contribution in [0, 0.1) is 0 Å². The second kappa shape index (κ2) is 17.9. The Bertz CT molecular complexity index is 1450. The molecule has 4 N–H and O–H groups in total. The fourth-order valence-electron chi connectivity index (χ4n) is 4.68. The first-order valence-electron chi connectivity index (χ1n) is 11.5. The fourth-order valence-corrected chi connectivity index (χ4v) is 4.68. The average molecular weight is 606 g/mol. The molecule has 0 bridgehead atoms. The van der Waals surface area contributed by atoms with E-state index in [2.05, 4.69) is 0 Å². The van der Waals surface area contributed by atoms with E-state index in [1.807, 2.05) is 0 Å². The van der Waals surface area contributed by atoms with Gasteiger partial charge in [0.2, 0.25) is 0 Å². The Labute approximate surface area is 330 Å². The Kier molecular flexibility index (Phi) is 17.4. The molecule has 0 saturated carbocycles. The summed E-state index contributed by atoms with van der Waals surface area (Å²) in [4.78, 5) is 47.4. The Morgan fingerprint density at radius 2 is 0.738 bits per heavy atom. The van der Waals surface area contributed by atoms with Crippen molar-refractivity contribution in [3.8, 4) is 0 Å². The zero-order valence-corrected chi connectivity index (χ0v) is 19.9. The summed E-state index contributed by atoms with van der Waals surface area (Å²) in [7, 11) is 0. The molecule has 8 nitrogen and oxygen atoms in total. The third-order valence-corrected chi connectivity index (χ3v) is 6.45. The SMILES string of the molecule is O=C(O)c1cccc(CC(c2cccc(C(=O)O)c2)(c2cccc(C(=O)O)c2)c2cccc(C(=O)O)c2)c1.[NaH].[NaH].[NaH].[NaH]. The summed E-state index contributed by atoms with van der Waals surface area (Å²) in [6, 6.07) is 24.6. The van der Waals surface area contributed by atoms with Gasteiger partial charge in [-0.2, -0.15) is 0 Å². The molecule has 0 heterocycles. The Balaban J connectivity index is 0.00000420. The summed E-state index contributed by atoms with van der Waals surface area (Å²) in [6.45, 7) is 0. The van der Waals surface area contributed by atoms with Crippen molar-refractivity contribution in [1.29, 1.82) is 0 Å². The van der Waals surface area contributed by atoms with E-state index in [9.17, 15) is 39.6 Å². The van der Waals surface area contributed by atoms with Crippen LogP contribution in [0.1, 0.15) is 63.7 Å². The van der Waals surface area contributed by atoms with Crippen LogP contribution in [-0.4, -0.2) is 163 Å². The molecule has 12 heteroatoms. The van der Waals surface area contributed by atoms with Crippen molar-refractivity contribution in [2.75, 3.05) is 0 Å². The molecular formula is C30H26Na4O8. The Hall–Kier alpha value is -1.24. The van der Waals surface area contributed by atoms with Gasteiger partial charge in [-0.05, 0) is 77.2 Å². The number of carbonyl (C=O) groups is 4. The van der Waals surface area contributed by atoms with E-state index in [4.69, 9.17) is 0 Å². The molecule has 4 aromatic carbocycles. The molecule has 0 radical (unpaired) electrons. The molecule has 0 aromatic heterocycles. The van der Waals surface area contributed by atoms with E-state index in [0.29, 0.717) is 22.3 Å². The summed E-state index contributed by atoms with van der Waals surface area (Å²) in [5.74, 6) is -4.65. The summed E-state index contributed by atoms with van der Waals surface area (Å²) in [5.41, 5.74) is 0.634. The molecule has 198 valence electrons. The van der Waals surface area contributed by atoms with Crippen molar-refractivity contribution in [2.45, 2.75) is 11.8 Å². The van der Waals surface area contributed by atoms with Crippen LogP contribution in [0.4, 0.5) is 0 Å². The van der Waals surface area contributed by atoms with Gasteiger partial charge in [-0.25, -0.2) is 19.2 Å². The second-order valence-corrected chi connectivity index (χ2v) is 8.75. The number of hydrogen-bond acceptors (Lipinski definition) is 4. The van der Waals surface area contributed by atoms with E-state index >= 15 is 0 Å². The zero-order chi connectivity index (χ0) is 27.4.